The van der Waals surface area contributed by atoms with Crippen LogP contribution in [0.3, 0.4) is 0 Å². The molecule has 0 saturated carbocycles. The molecule has 0 heterocycles. The lowest BCUT2D eigenvalue weighted by Gasteiger charge is -1.98. The van der Waals surface area contributed by atoms with Gasteiger partial charge in [-0.25, -0.2) is 20.4 Å². The Hall–Kier alpha value is -2.58. The molecular weight excluding hydrogens is 256 g/mol. The van der Waals surface area contributed by atoms with E-state index < -0.39 is 0 Å². The highest BCUT2D eigenvalue weighted by molar-refractivity contribution is 6.67. The van der Waals surface area contributed by atoms with E-state index in [1.807, 2.05) is 0 Å². The van der Waals surface area contributed by atoms with Gasteiger partial charge in [0.15, 0.2) is 0 Å². The van der Waals surface area contributed by atoms with Gasteiger partial charge < -0.3 is 0 Å². The van der Waals surface area contributed by atoms with Crippen molar-refractivity contribution in [1.82, 2.24) is 0 Å². The lowest BCUT2D eigenvalue weighted by atomic mass is 10.4. The van der Waals surface area contributed by atoms with Gasteiger partial charge in [-0.3, -0.25) is 0 Å². The molecule has 0 amide bonds. The van der Waals surface area contributed by atoms with Gasteiger partial charge in [-0.2, -0.15) is 0 Å². The van der Waals surface area contributed by atoms with Gasteiger partial charge in [0.1, 0.15) is 9.52 Å². The molecule has 0 aliphatic heterocycles. The topological polar surface area (TPSA) is 81.8 Å². The fraction of sp³-hybridized carbons (Fsp3) is 0. The molecule has 2 aromatic rings. The smallest absolute Gasteiger partial charge is 0.222 e. The molecule has 0 aromatic heterocycles. The third-order valence-corrected chi connectivity index (χ3v) is 3.08. The van der Waals surface area contributed by atoms with Gasteiger partial charge >= 0.3 is 0 Å². The Morgan fingerprint density at radius 3 is 1.21 bits per heavy atom. The van der Waals surface area contributed by atoms with Gasteiger partial charge in [0.25, 0.3) is 0 Å². The number of benzene rings is 2. The maximum Gasteiger partial charge on any atom is 0.231 e. The molecule has 0 saturated heterocycles. The highest BCUT2D eigenvalue weighted by Crippen LogP contribution is 1.84. The van der Waals surface area contributed by atoms with E-state index in [-0.39, 0.29) is 0 Å². The molecular formula is C14H12N2O2Si. The quantitative estimate of drug-likeness (QED) is 0.486. The zero-order valence-corrected chi connectivity index (χ0v) is 11.1. The van der Waals surface area contributed by atoms with E-state index in [1.165, 1.54) is 10.4 Å². The number of nitrogens with one attached hydrogen (secondary N) is 2. The van der Waals surface area contributed by atoms with Gasteiger partial charge in [0.05, 0.1) is 0 Å². The lowest BCUT2D eigenvalue weighted by molar-refractivity contribution is 0.562. The van der Waals surface area contributed by atoms with Crippen molar-refractivity contribution in [2.24, 2.45) is 0 Å². The zero-order valence-electron chi connectivity index (χ0n) is 10.1. The summed E-state index contributed by atoms with van der Waals surface area (Å²) >= 11 is 0. The maximum atomic E-state index is 8.35. The van der Waals surface area contributed by atoms with Crippen LogP contribution in [0.15, 0.2) is 60.7 Å². The van der Waals surface area contributed by atoms with Crippen molar-refractivity contribution >= 4 is 32.1 Å². The minimum atomic E-state index is 0.750. The molecule has 4 nitrogen and oxygen atoms in total. The third kappa shape index (κ3) is 9.15. The Morgan fingerprint density at radius 2 is 0.947 bits per heavy atom. The Kier molecular flexibility index (Phi) is 10.3. The first-order chi connectivity index (χ1) is 9.28. The van der Waals surface area contributed by atoms with E-state index in [4.69, 9.17) is 20.4 Å². The molecule has 2 aromatic carbocycles. The first-order valence-corrected chi connectivity index (χ1v) is 6.23. The molecule has 5 heteroatoms. The van der Waals surface area contributed by atoms with Gasteiger partial charge in [0, 0.05) is 0 Å². The van der Waals surface area contributed by atoms with Crippen molar-refractivity contribution in [3.8, 4) is 0 Å². The first-order valence-electron chi connectivity index (χ1n) is 5.23. The minimum Gasteiger partial charge on any atom is -0.222 e. The summed E-state index contributed by atoms with van der Waals surface area (Å²) in [6.45, 7) is 0. The lowest BCUT2D eigenvalue weighted by Crippen LogP contribution is -2.26. The van der Waals surface area contributed by atoms with Gasteiger partial charge in [-0.1, -0.05) is 71.0 Å². The van der Waals surface area contributed by atoms with Gasteiger partial charge in [-0.05, 0) is 0 Å². The van der Waals surface area contributed by atoms with Crippen molar-refractivity contribution in [3.63, 3.8) is 0 Å². The summed E-state index contributed by atoms with van der Waals surface area (Å²) in [4.78, 5) is 16.7. The maximum absolute atomic E-state index is 8.35. The van der Waals surface area contributed by atoms with E-state index in [9.17, 15) is 0 Å². The largest absolute Gasteiger partial charge is 0.231 e. The number of isocyanates is 2. The summed E-state index contributed by atoms with van der Waals surface area (Å²) in [5.41, 5.74) is 0. The van der Waals surface area contributed by atoms with Crippen LogP contribution in [0.5, 0.6) is 0 Å². The molecule has 0 fully saturated rings. The summed E-state index contributed by atoms with van der Waals surface area (Å²) in [6, 6.07) is 21.2. The van der Waals surface area contributed by atoms with E-state index in [0.29, 0.717) is 0 Å². The van der Waals surface area contributed by atoms with Crippen molar-refractivity contribution in [3.05, 3.63) is 60.7 Å². The van der Waals surface area contributed by atoms with Crippen LogP contribution in [0.25, 0.3) is 0 Å². The number of hydrogen-bond donors (Lipinski definition) is 2. The summed E-state index contributed by atoms with van der Waals surface area (Å²) in [6.07, 6.45) is 1.50. The summed E-state index contributed by atoms with van der Waals surface area (Å²) < 4.78 is 0. The van der Waals surface area contributed by atoms with Gasteiger partial charge in [-0.15, -0.1) is 0 Å². The second kappa shape index (κ2) is 11.9. The Balaban J connectivity index is 0.000000465. The second-order valence-corrected chi connectivity index (χ2v) is 4.47. The van der Waals surface area contributed by atoms with Crippen molar-refractivity contribution < 1.29 is 9.59 Å². The zero-order chi connectivity index (χ0) is 14.3. The monoisotopic (exact) mass is 268 g/mol. The standard InChI is InChI=1S/C12H10Si.2CHNO/c1-3-7-11(8-4-1)13-12-9-5-2-6-10-12;2*2-1-3/h1-10H;2*2H. The minimum absolute atomic E-state index is 0.750. The Morgan fingerprint density at radius 1 is 0.684 bits per heavy atom. The molecule has 0 unspecified atom stereocenters. The summed E-state index contributed by atoms with van der Waals surface area (Å²) in [5.74, 6) is 0. The average Bonchev–Trinajstić information content (AvgIpc) is 2.43. The fourth-order valence-electron chi connectivity index (χ4n) is 1.21. The number of carbonyl (C=O) groups excluding carboxylic acids is 2. The fourth-order valence-corrected chi connectivity index (χ4v) is 2.26. The van der Waals surface area contributed by atoms with Crippen LogP contribution in [-0.2, 0) is 9.59 Å². The number of hydrogen-bond acceptors (Lipinski definition) is 4. The molecule has 0 spiro atoms. The molecule has 0 atom stereocenters. The average molecular weight is 268 g/mol. The summed E-state index contributed by atoms with van der Waals surface area (Å²) in [5, 5.41) is 13.6. The first kappa shape index (κ1) is 16.4. The van der Waals surface area contributed by atoms with E-state index in [1.54, 1.807) is 0 Å². The van der Waals surface area contributed by atoms with Crippen LogP contribution in [0.2, 0.25) is 0 Å². The molecule has 94 valence electrons. The molecule has 19 heavy (non-hydrogen) atoms. The summed E-state index contributed by atoms with van der Waals surface area (Å²) in [7, 11) is 0.777. The normalized spacial score (nSPS) is 7.58. The van der Waals surface area contributed by atoms with Crippen LogP contribution < -0.4 is 10.4 Å². The molecule has 0 aliphatic rings. The van der Waals surface area contributed by atoms with E-state index in [2.05, 4.69) is 60.7 Å². The third-order valence-electron chi connectivity index (χ3n) is 1.84. The van der Waals surface area contributed by atoms with Crippen LogP contribution in [0.1, 0.15) is 0 Å². The van der Waals surface area contributed by atoms with Crippen LogP contribution in [-0.4, -0.2) is 21.7 Å². The van der Waals surface area contributed by atoms with Crippen molar-refractivity contribution in [2.75, 3.05) is 0 Å². The Labute approximate surface area is 113 Å². The Bertz CT molecular complexity index is 468. The SMILES string of the molecule is N=C=O.N=C=O.c1ccc([Si]c2ccccc2)cc1. The van der Waals surface area contributed by atoms with Crippen LogP contribution in [0.4, 0.5) is 0 Å². The van der Waals surface area contributed by atoms with E-state index in [0.717, 1.165) is 21.7 Å². The van der Waals surface area contributed by atoms with Gasteiger partial charge in [0.2, 0.25) is 12.2 Å². The molecule has 0 bridgehead atoms. The molecule has 2 radical (unpaired) electrons. The molecule has 2 rings (SSSR count). The second-order valence-electron chi connectivity index (χ2n) is 3.06. The highest BCUT2D eigenvalue weighted by atomic mass is 28.2. The van der Waals surface area contributed by atoms with Crippen molar-refractivity contribution in [1.29, 1.82) is 10.8 Å². The predicted molar refractivity (Wildman–Crippen MR) is 74.7 cm³/mol. The molecule has 0 aliphatic carbocycles. The van der Waals surface area contributed by atoms with Crippen LogP contribution in [0, 0.1) is 10.8 Å². The number of rotatable bonds is 2. The predicted octanol–water partition coefficient (Wildman–Crippen LogP) is 1.14. The van der Waals surface area contributed by atoms with Crippen LogP contribution >= 0.6 is 0 Å². The highest BCUT2D eigenvalue weighted by Gasteiger charge is 1.94. The van der Waals surface area contributed by atoms with E-state index >= 15 is 0 Å². The van der Waals surface area contributed by atoms with Crippen molar-refractivity contribution in [2.45, 2.75) is 0 Å². The molecule has 2 N–H and O–H groups in total.